The highest BCUT2D eigenvalue weighted by Gasteiger charge is 2.02. The fourth-order valence-corrected chi connectivity index (χ4v) is 1.88. The van der Waals surface area contributed by atoms with Gasteiger partial charge in [-0.05, 0) is 16.3 Å². The first-order chi connectivity index (χ1) is 7.45. The molecule has 3 rings (SSSR count). The summed E-state index contributed by atoms with van der Waals surface area (Å²) < 4.78 is 0. The lowest BCUT2D eigenvalue weighted by Gasteiger charge is -2.03. The van der Waals surface area contributed by atoms with Crippen LogP contribution in [0.2, 0.25) is 0 Å². The van der Waals surface area contributed by atoms with E-state index in [0.29, 0.717) is 0 Å². The molecule has 0 fully saturated rings. The van der Waals surface area contributed by atoms with Crippen molar-refractivity contribution in [2.45, 2.75) is 0 Å². The van der Waals surface area contributed by atoms with Crippen LogP contribution in [0, 0.1) is 0 Å². The van der Waals surface area contributed by atoms with E-state index in [2.05, 4.69) is 52.7 Å². The molecule has 1 aromatic heterocycles. The maximum absolute atomic E-state index is 3.98. The first-order valence-corrected chi connectivity index (χ1v) is 4.92. The predicted molar refractivity (Wildman–Crippen MR) is 68.8 cm³/mol. The summed E-state index contributed by atoms with van der Waals surface area (Å²) in [5.74, 6) is 0. The van der Waals surface area contributed by atoms with E-state index in [1.165, 1.54) is 16.3 Å². The van der Waals surface area contributed by atoms with Crippen LogP contribution in [0.25, 0.3) is 21.9 Å². The van der Waals surface area contributed by atoms with Crippen molar-refractivity contribution in [3.05, 3.63) is 54.9 Å². The van der Waals surface area contributed by atoms with Crippen molar-refractivity contribution >= 4 is 23.2 Å². The number of halogens is 1. The molecule has 16 heavy (non-hydrogen) atoms. The van der Waals surface area contributed by atoms with Gasteiger partial charge in [-0.25, -0.2) is 0 Å². The number of aromatic amines is 1. The maximum Gasteiger partial charge on any atom is 0.0565 e. The summed E-state index contributed by atoms with van der Waals surface area (Å²) in [6.07, 6.45) is 3.77. The predicted octanol–water partition coefficient (Wildman–Crippen LogP) is 3.65. The zero-order chi connectivity index (χ0) is 10.1. The Bertz CT molecular complexity index is 582. The third-order valence-electron chi connectivity index (χ3n) is 2.60. The Kier molecular flexibility index (Phi) is 2.93. The van der Waals surface area contributed by atoms with Crippen molar-refractivity contribution in [2.24, 2.45) is 0 Å². The minimum Gasteiger partial charge on any atom is -0.285 e. The van der Waals surface area contributed by atoms with Crippen LogP contribution in [0.5, 0.6) is 0 Å². The van der Waals surface area contributed by atoms with Gasteiger partial charge in [0.2, 0.25) is 0 Å². The van der Waals surface area contributed by atoms with Crippen LogP contribution in [0.1, 0.15) is 0 Å². The van der Waals surface area contributed by atoms with E-state index >= 15 is 0 Å². The minimum absolute atomic E-state index is 0. The average molecular weight is 231 g/mol. The molecule has 3 aromatic rings. The minimum atomic E-state index is 0. The van der Waals surface area contributed by atoms with E-state index in [0.717, 1.165) is 5.56 Å². The van der Waals surface area contributed by atoms with Crippen LogP contribution in [-0.4, -0.2) is 10.2 Å². The molecule has 2 nitrogen and oxygen atoms in total. The molecule has 0 saturated heterocycles. The Morgan fingerprint density at radius 3 is 2.56 bits per heavy atom. The Labute approximate surface area is 99.7 Å². The number of nitrogens with one attached hydrogen (secondary N) is 1. The van der Waals surface area contributed by atoms with Gasteiger partial charge in [0.15, 0.2) is 0 Å². The van der Waals surface area contributed by atoms with Crippen molar-refractivity contribution in [1.29, 1.82) is 0 Å². The summed E-state index contributed by atoms with van der Waals surface area (Å²) >= 11 is 0. The zero-order valence-corrected chi connectivity index (χ0v) is 9.37. The molecule has 0 saturated carbocycles. The Balaban J connectivity index is 0.000000963. The number of fused-ring (bicyclic) bond motifs is 1. The summed E-state index contributed by atoms with van der Waals surface area (Å²) in [5.41, 5.74) is 2.36. The first kappa shape index (κ1) is 10.7. The van der Waals surface area contributed by atoms with Crippen molar-refractivity contribution in [2.75, 3.05) is 0 Å². The molecule has 0 atom stereocenters. The molecule has 0 aliphatic rings. The quantitative estimate of drug-likeness (QED) is 0.679. The monoisotopic (exact) mass is 230 g/mol. The molecular weight excluding hydrogens is 220 g/mol. The summed E-state index contributed by atoms with van der Waals surface area (Å²) in [7, 11) is 0. The van der Waals surface area contributed by atoms with Gasteiger partial charge in [0, 0.05) is 11.8 Å². The van der Waals surface area contributed by atoms with Crippen LogP contribution in [-0.2, 0) is 0 Å². The van der Waals surface area contributed by atoms with E-state index < -0.39 is 0 Å². The molecule has 1 heterocycles. The van der Waals surface area contributed by atoms with Crippen LogP contribution < -0.4 is 0 Å². The molecule has 0 radical (unpaired) electrons. The zero-order valence-electron chi connectivity index (χ0n) is 8.55. The van der Waals surface area contributed by atoms with Gasteiger partial charge in [-0.15, -0.1) is 12.4 Å². The fraction of sp³-hybridized carbons (Fsp3) is 0. The van der Waals surface area contributed by atoms with Crippen molar-refractivity contribution in [3.63, 3.8) is 0 Å². The normalized spacial score (nSPS) is 10.0. The van der Waals surface area contributed by atoms with Crippen molar-refractivity contribution in [3.8, 4) is 11.1 Å². The highest BCUT2D eigenvalue weighted by Crippen LogP contribution is 2.27. The number of H-pyrrole nitrogens is 1. The fourth-order valence-electron chi connectivity index (χ4n) is 1.88. The van der Waals surface area contributed by atoms with Gasteiger partial charge in [-0.3, -0.25) is 5.10 Å². The Morgan fingerprint density at radius 2 is 1.75 bits per heavy atom. The lowest BCUT2D eigenvalue weighted by molar-refractivity contribution is 1.09. The van der Waals surface area contributed by atoms with Gasteiger partial charge in [0.05, 0.1) is 6.20 Å². The van der Waals surface area contributed by atoms with E-state index in [4.69, 9.17) is 0 Å². The van der Waals surface area contributed by atoms with Crippen LogP contribution in [0.4, 0.5) is 0 Å². The summed E-state index contributed by atoms with van der Waals surface area (Å²) in [4.78, 5) is 0. The second-order valence-electron chi connectivity index (χ2n) is 3.51. The molecule has 0 unspecified atom stereocenters. The number of hydrogen-bond donors (Lipinski definition) is 1. The van der Waals surface area contributed by atoms with Crippen LogP contribution in [0.3, 0.4) is 0 Å². The summed E-state index contributed by atoms with van der Waals surface area (Å²) in [6, 6.07) is 14.7. The van der Waals surface area contributed by atoms with E-state index in [9.17, 15) is 0 Å². The number of hydrogen-bond acceptors (Lipinski definition) is 1. The Morgan fingerprint density at radius 1 is 0.938 bits per heavy atom. The van der Waals surface area contributed by atoms with Gasteiger partial charge in [-0.1, -0.05) is 42.5 Å². The number of nitrogens with zero attached hydrogens (tertiary/aromatic N) is 1. The topological polar surface area (TPSA) is 28.7 Å². The Hall–Kier alpha value is -1.80. The van der Waals surface area contributed by atoms with Gasteiger partial charge >= 0.3 is 0 Å². The maximum atomic E-state index is 3.98. The second-order valence-corrected chi connectivity index (χ2v) is 3.51. The second kappa shape index (κ2) is 4.37. The standard InChI is InChI=1S/C13H10N2.ClH/c1-2-6-12-10(4-1)5-3-7-13(12)11-8-14-15-9-11;/h1-9H,(H,14,15);1H. The lowest BCUT2D eigenvalue weighted by atomic mass is 10.0. The highest BCUT2D eigenvalue weighted by atomic mass is 35.5. The van der Waals surface area contributed by atoms with Crippen molar-refractivity contribution < 1.29 is 0 Å². The molecule has 0 amide bonds. The third kappa shape index (κ3) is 1.68. The SMILES string of the molecule is Cl.c1ccc2c(-c3cn[nH]c3)cccc2c1. The lowest BCUT2D eigenvalue weighted by Crippen LogP contribution is -1.78. The first-order valence-electron chi connectivity index (χ1n) is 4.92. The summed E-state index contributed by atoms with van der Waals surface area (Å²) in [6.45, 7) is 0. The van der Waals surface area contributed by atoms with Gasteiger partial charge in [0.1, 0.15) is 0 Å². The van der Waals surface area contributed by atoms with Crippen molar-refractivity contribution in [1.82, 2.24) is 10.2 Å². The largest absolute Gasteiger partial charge is 0.285 e. The van der Waals surface area contributed by atoms with E-state index in [1.54, 1.807) is 0 Å². The smallest absolute Gasteiger partial charge is 0.0565 e. The molecule has 80 valence electrons. The number of aromatic nitrogens is 2. The van der Waals surface area contributed by atoms with E-state index in [-0.39, 0.29) is 12.4 Å². The molecule has 3 heteroatoms. The molecular formula is C13H11ClN2. The van der Waals surface area contributed by atoms with Gasteiger partial charge in [-0.2, -0.15) is 5.10 Å². The molecule has 0 aliphatic heterocycles. The van der Waals surface area contributed by atoms with Crippen LogP contribution in [0.15, 0.2) is 54.9 Å². The van der Waals surface area contributed by atoms with Gasteiger partial charge in [0.25, 0.3) is 0 Å². The molecule has 1 N–H and O–H groups in total. The van der Waals surface area contributed by atoms with Crippen LogP contribution >= 0.6 is 12.4 Å². The highest BCUT2D eigenvalue weighted by molar-refractivity contribution is 5.96. The molecule has 0 bridgehead atoms. The average Bonchev–Trinajstić information content (AvgIpc) is 2.82. The molecule has 0 aliphatic carbocycles. The molecule has 0 spiro atoms. The molecule has 2 aromatic carbocycles. The van der Waals surface area contributed by atoms with E-state index in [1.807, 2.05) is 12.4 Å². The number of rotatable bonds is 1. The summed E-state index contributed by atoms with van der Waals surface area (Å²) in [5, 5.41) is 9.35. The van der Waals surface area contributed by atoms with Gasteiger partial charge < -0.3 is 0 Å². The third-order valence-corrected chi connectivity index (χ3v) is 2.60. The number of benzene rings is 2.